The molecule has 0 N–H and O–H groups in total. The average Bonchev–Trinajstić information content (AvgIpc) is 3.05. The van der Waals surface area contributed by atoms with Gasteiger partial charge in [-0.3, -0.25) is 4.79 Å². The molecule has 5 nitrogen and oxygen atoms in total. The van der Waals surface area contributed by atoms with Gasteiger partial charge in [-0.25, -0.2) is 8.42 Å². The Morgan fingerprint density at radius 3 is 2.66 bits per heavy atom. The van der Waals surface area contributed by atoms with Gasteiger partial charge in [0.2, 0.25) is 15.9 Å². The van der Waals surface area contributed by atoms with Gasteiger partial charge in [-0.1, -0.05) is 30.3 Å². The van der Waals surface area contributed by atoms with Crippen molar-refractivity contribution >= 4 is 21.6 Å². The van der Waals surface area contributed by atoms with Crippen LogP contribution < -0.4 is 4.90 Å². The molecule has 2 aromatic rings. The lowest BCUT2D eigenvalue weighted by molar-refractivity contribution is -0.123. The second-order valence-electron chi connectivity index (χ2n) is 8.36. The molecule has 154 valence electrons. The van der Waals surface area contributed by atoms with Crippen LogP contribution in [0.4, 0.5) is 5.69 Å². The highest BCUT2D eigenvalue weighted by atomic mass is 32.2. The van der Waals surface area contributed by atoms with Gasteiger partial charge in [0, 0.05) is 24.8 Å². The third-order valence-corrected chi connectivity index (χ3v) is 8.15. The van der Waals surface area contributed by atoms with Crippen molar-refractivity contribution < 1.29 is 13.2 Å². The number of anilines is 1. The molecule has 0 unspecified atom stereocenters. The Hall–Kier alpha value is -2.18. The van der Waals surface area contributed by atoms with E-state index in [1.807, 2.05) is 49.1 Å². The van der Waals surface area contributed by atoms with Crippen LogP contribution >= 0.6 is 0 Å². The Bertz CT molecular complexity index is 1050. The molecule has 6 heteroatoms. The molecular formula is C23H28N2O3S. The highest BCUT2D eigenvalue weighted by Gasteiger charge is 2.39. The van der Waals surface area contributed by atoms with E-state index in [2.05, 4.69) is 13.0 Å². The van der Waals surface area contributed by atoms with Gasteiger partial charge >= 0.3 is 0 Å². The summed E-state index contributed by atoms with van der Waals surface area (Å²) in [6, 6.07) is 13.6. The normalized spacial score (nSPS) is 22.5. The smallest absolute Gasteiger partial charge is 0.243 e. The van der Waals surface area contributed by atoms with Gasteiger partial charge in [-0.2, -0.15) is 4.31 Å². The molecule has 2 aliphatic rings. The number of fused-ring (bicyclic) bond motifs is 1. The van der Waals surface area contributed by atoms with Gasteiger partial charge in [-0.05, 0) is 68.9 Å². The van der Waals surface area contributed by atoms with Crippen LogP contribution in [0.15, 0.2) is 47.4 Å². The van der Waals surface area contributed by atoms with Crippen molar-refractivity contribution in [1.82, 2.24) is 4.31 Å². The number of hydrogen-bond donors (Lipinski definition) is 0. The van der Waals surface area contributed by atoms with Crippen molar-refractivity contribution in [2.75, 3.05) is 18.0 Å². The Morgan fingerprint density at radius 2 is 1.86 bits per heavy atom. The second kappa shape index (κ2) is 7.58. The largest absolute Gasteiger partial charge is 0.309 e. The molecule has 2 aromatic carbocycles. The summed E-state index contributed by atoms with van der Waals surface area (Å²) in [6.07, 6.45) is 2.27. The van der Waals surface area contributed by atoms with E-state index >= 15 is 0 Å². The monoisotopic (exact) mass is 412 g/mol. The zero-order valence-corrected chi connectivity index (χ0v) is 18.1. The summed E-state index contributed by atoms with van der Waals surface area (Å²) >= 11 is 0. The fourth-order valence-electron chi connectivity index (χ4n) is 4.58. The Morgan fingerprint density at radius 1 is 1.10 bits per heavy atom. The van der Waals surface area contributed by atoms with E-state index in [4.69, 9.17) is 0 Å². The number of amides is 1. The van der Waals surface area contributed by atoms with Gasteiger partial charge in [0.05, 0.1) is 10.8 Å². The van der Waals surface area contributed by atoms with E-state index in [9.17, 15) is 13.2 Å². The summed E-state index contributed by atoms with van der Waals surface area (Å²) in [5, 5.41) is 0. The fraction of sp³-hybridized carbons (Fsp3) is 0.435. The van der Waals surface area contributed by atoms with Gasteiger partial charge in [-0.15, -0.1) is 0 Å². The lowest BCUT2D eigenvalue weighted by Gasteiger charge is -2.35. The number of sulfonamides is 1. The first kappa shape index (κ1) is 20.1. The number of rotatable bonds is 3. The number of carbonyl (C=O) groups is 1. The lowest BCUT2D eigenvalue weighted by Crippen LogP contribution is -2.48. The minimum atomic E-state index is -3.62. The van der Waals surface area contributed by atoms with E-state index in [-0.39, 0.29) is 24.4 Å². The number of nitrogens with zero attached hydrogens (tertiary/aromatic N) is 2. The molecule has 2 atom stereocenters. The summed E-state index contributed by atoms with van der Waals surface area (Å²) in [5.41, 5.74) is 3.82. The summed E-state index contributed by atoms with van der Waals surface area (Å²) in [4.78, 5) is 15.6. The Kier molecular flexibility index (Phi) is 5.25. The summed E-state index contributed by atoms with van der Waals surface area (Å²) in [7, 11) is -3.62. The maximum absolute atomic E-state index is 13.4. The molecule has 1 saturated heterocycles. The van der Waals surface area contributed by atoms with Crippen LogP contribution in [0.1, 0.15) is 36.5 Å². The Labute approximate surface area is 173 Å². The maximum atomic E-state index is 13.4. The summed E-state index contributed by atoms with van der Waals surface area (Å²) in [6.45, 7) is 6.49. The van der Waals surface area contributed by atoms with Crippen molar-refractivity contribution in [3.05, 3.63) is 59.2 Å². The Balaban J connectivity index is 1.59. The average molecular weight is 413 g/mol. The molecule has 0 saturated carbocycles. The molecule has 0 spiro atoms. The van der Waals surface area contributed by atoms with E-state index in [0.29, 0.717) is 17.9 Å². The molecule has 0 radical (unpaired) electrons. The standard InChI is InChI=1S/C23H28N2O3S/c1-16-10-11-17(2)22(13-16)29(27,28)24-12-6-8-20(15-24)23(26)25-18(3)14-19-7-4-5-9-21(19)25/h4-5,7,9-11,13,18,20H,6,8,12,14-15H2,1-3H3/t18-,20+/m1/s1. The first-order chi connectivity index (χ1) is 13.8. The summed E-state index contributed by atoms with van der Waals surface area (Å²) in [5.74, 6) is -0.263. The van der Waals surface area contributed by atoms with Crippen LogP contribution in [0.3, 0.4) is 0 Å². The highest BCUT2D eigenvalue weighted by molar-refractivity contribution is 7.89. The third kappa shape index (κ3) is 3.60. The molecule has 0 bridgehead atoms. The fourth-order valence-corrected chi connectivity index (χ4v) is 6.42. The SMILES string of the molecule is Cc1ccc(C)c(S(=O)(=O)N2CCC[C@H](C(=O)N3c4ccccc4C[C@H]3C)C2)c1. The van der Waals surface area contributed by atoms with Gasteiger partial charge in [0.1, 0.15) is 0 Å². The second-order valence-corrected chi connectivity index (χ2v) is 10.3. The van der Waals surface area contributed by atoms with Crippen molar-refractivity contribution in [1.29, 1.82) is 0 Å². The van der Waals surface area contributed by atoms with E-state index in [0.717, 1.165) is 29.7 Å². The summed E-state index contributed by atoms with van der Waals surface area (Å²) < 4.78 is 28.1. The number of aryl methyl sites for hydroxylation is 2. The number of piperidine rings is 1. The van der Waals surface area contributed by atoms with Crippen LogP contribution in [-0.2, 0) is 21.2 Å². The van der Waals surface area contributed by atoms with Crippen LogP contribution in [0, 0.1) is 19.8 Å². The zero-order valence-electron chi connectivity index (χ0n) is 17.3. The molecule has 0 aliphatic carbocycles. The van der Waals surface area contributed by atoms with E-state index in [1.54, 1.807) is 6.07 Å². The first-order valence-corrected chi connectivity index (χ1v) is 11.7. The molecule has 4 rings (SSSR count). The first-order valence-electron chi connectivity index (χ1n) is 10.3. The quantitative estimate of drug-likeness (QED) is 0.773. The topological polar surface area (TPSA) is 57.7 Å². The molecule has 1 fully saturated rings. The van der Waals surface area contributed by atoms with Gasteiger partial charge < -0.3 is 4.90 Å². The number of hydrogen-bond acceptors (Lipinski definition) is 3. The molecule has 2 heterocycles. The van der Waals surface area contributed by atoms with Crippen LogP contribution in [0.25, 0.3) is 0 Å². The van der Waals surface area contributed by atoms with Crippen molar-refractivity contribution in [2.45, 2.75) is 51.0 Å². The number of carbonyl (C=O) groups excluding carboxylic acids is 1. The molecule has 29 heavy (non-hydrogen) atoms. The molecule has 1 amide bonds. The van der Waals surface area contributed by atoms with Crippen molar-refractivity contribution in [2.24, 2.45) is 5.92 Å². The predicted octanol–water partition coefficient (Wildman–Crippen LogP) is 3.68. The van der Waals surface area contributed by atoms with Gasteiger partial charge in [0.15, 0.2) is 0 Å². The van der Waals surface area contributed by atoms with Crippen LogP contribution in [0.2, 0.25) is 0 Å². The maximum Gasteiger partial charge on any atom is 0.243 e. The number of para-hydroxylation sites is 1. The van der Waals surface area contributed by atoms with E-state index < -0.39 is 10.0 Å². The lowest BCUT2D eigenvalue weighted by atomic mass is 9.97. The van der Waals surface area contributed by atoms with Gasteiger partial charge in [0.25, 0.3) is 0 Å². The molecular weight excluding hydrogens is 384 g/mol. The third-order valence-electron chi connectivity index (χ3n) is 6.14. The minimum Gasteiger partial charge on any atom is -0.309 e. The van der Waals surface area contributed by atoms with E-state index in [1.165, 1.54) is 9.87 Å². The molecule has 2 aliphatic heterocycles. The highest BCUT2D eigenvalue weighted by Crippen LogP contribution is 2.35. The minimum absolute atomic E-state index is 0.0447. The van der Waals surface area contributed by atoms with Crippen LogP contribution in [0.5, 0.6) is 0 Å². The van der Waals surface area contributed by atoms with Crippen molar-refractivity contribution in [3.8, 4) is 0 Å². The zero-order chi connectivity index (χ0) is 20.8. The van der Waals surface area contributed by atoms with Crippen molar-refractivity contribution in [3.63, 3.8) is 0 Å². The number of benzene rings is 2. The van der Waals surface area contributed by atoms with Crippen LogP contribution in [-0.4, -0.2) is 37.8 Å². The molecule has 0 aromatic heterocycles. The predicted molar refractivity (Wildman–Crippen MR) is 114 cm³/mol.